The number of hydrogen-bond donors (Lipinski definition) is 0. The van der Waals surface area contributed by atoms with Gasteiger partial charge in [-0.25, -0.2) is 0 Å². The molecular weight excluding hydrogens is 231 g/mol. The smallest absolute Gasteiger partial charge is 0.305 e. The summed E-state index contributed by atoms with van der Waals surface area (Å²) in [5, 5.41) is 0. The quantitative estimate of drug-likeness (QED) is 0.796. The van der Waals surface area contributed by atoms with Crippen LogP contribution in [0.15, 0.2) is 30.3 Å². The molecule has 2 nitrogen and oxygen atoms in total. The molecule has 5 heteroatoms. The van der Waals surface area contributed by atoms with Gasteiger partial charge in [0.15, 0.2) is 0 Å². The zero-order valence-corrected chi connectivity index (χ0v) is 9.50. The van der Waals surface area contributed by atoms with E-state index >= 15 is 0 Å². The van der Waals surface area contributed by atoms with Crippen molar-refractivity contribution in [1.29, 1.82) is 0 Å². The first-order valence-corrected chi connectivity index (χ1v) is 5.40. The average molecular weight is 245 g/mol. The van der Waals surface area contributed by atoms with Crippen LogP contribution < -0.4 is 4.90 Å². The van der Waals surface area contributed by atoms with Gasteiger partial charge < -0.3 is 4.90 Å². The van der Waals surface area contributed by atoms with E-state index in [-0.39, 0.29) is 12.2 Å². The van der Waals surface area contributed by atoms with Gasteiger partial charge in [0, 0.05) is 12.2 Å². The lowest BCUT2D eigenvalue weighted by molar-refractivity contribution is -0.170. The summed E-state index contributed by atoms with van der Waals surface area (Å²) in [6.45, 7) is 1.94. The van der Waals surface area contributed by atoms with Gasteiger partial charge in [0.05, 0.1) is 0 Å². The van der Waals surface area contributed by atoms with E-state index in [0.29, 0.717) is 6.42 Å². The predicted molar refractivity (Wildman–Crippen MR) is 59.8 cm³/mol. The third kappa shape index (κ3) is 3.76. The van der Waals surface area contributed by atoms with Crippen LogP contribution in [0.1, 0.15) is 19.8 Å². The lowest BCUT2D eigenvalue weighted by Crippen LogP contribution is -2.41. The van der Waals surface area contributed by atoms with Gasteiger partial charge in [-0.3, -0.25) is 4.79 Å². The van der Waals surface area contributed by atoms with Crippen molar-refractivity contribution in [3.05, 3.63) is 30.3 Å². The summed E-state index contributed by atoms with van der Waals surface area (Å²) in [6, 6.07) is 7.91. The fraction of sp³-hybridized carbons (Fsp3) is 0.417. The lowest BCUT2D eigenvalue weighted by Gasteiger charge is -2.23. The molecule has 17 heavy (non-hydrogen) atoms. The Hall–Kier alpha value is -1.52. The molecule has 0 N–H and O–H groups in total. The third-order valence-corrected chi connectivity index (χ3v) is 2.29. The van der Waals surface area contributed by atoms with Crippen LogP contribution in [0.3, 0.4) is 0 Å². The topological polar surface area (TPSA) is 20.3 Å². The Morgan fingerprint density at radius 2 is 1.82 bits per heavy atom. The molecule has 0 bridgehead atoms. The van der Waals surface area contributed by atoms with Gasteiger partial charge in [-0.05, 0) is 18.6 Å². The zero-order chi connectivity index (χ0) is 12.9. The Morgan fingerprint density at radius 1 is 1.24 bits per heavy atom. The summed E-state index contributed by atoms with van der Waals surface area (Å²) in [7, 11) is 0. The molecule has 0 aliphatic heterocycles. The van der Waals surface area contributed by atoms with Crippen LogP contribution in [0, 0.1) is 0 Å². The van der Waals surface area contributed by atoms with Crippen molar-refractivity contribution in [1.82, 2.24) is 0 Å². The lowest BCUT2D eigenvalue weighted by atomic mass is 10.2. The summed E-state index contributed by atoms with van der Waals surface area (Å²) >= 11 is 0. The number of hydrogen-bond acceptors (Lipinski definition) is 1. The highest BCUT2D eigenvalue weighted by Crippen LogP contribution is 2.23. The minimum atomic E-state index is -4.83. The van der Waals surface area contributed by atoms with E-state index in [1.165, 1.54) is 12.1 Å². The first kappa shape index (κ1) is 13.5. The van der Waals surface area contributed by atoms with Gasteiger partial charge >= 0.3 is 12.1 Å². The number of benzene rings is 1. The van der Waals surface area contributed by atoms with E-state index in [2.05, 4.69) is 0 Å². The number of carbonyl (C=O) groups excluding carboxylic acids is 1. The van der Waals surface area contributed by atoms with E-state index in [1.807, 2.05) is 6.92 Å². The molecule has 1 aromatic carbocycles. The predicted octanol–water partition coefficient (Wildman–Crippen LogP) is 3.38. The maximum absolute atomic E-state index is 12.4. The fourth-order valence-corrected chi connectivity index (χ4v) is 1.43. The molecule has 1 amide bonds. The number of alkyl halides is 3. The molecule has 0 unspecified atom stereocenters. The number of unbranched alkanes of at least 4 members (excludes halogenated alkanes) is 1. The molecule has 0 saturated carbocycles. The van der Waals surface area contributed by atoms with E-state index < -0.39 is 12.1 Å². The Bertz CT molecular complexity index is 362. The third-order valence-electron chi connectivity index (χ3n) is 2.29. The van der Waals surface area contributed by atoms with Crippen LogP contribution in [0.2, 0.25) is 0 Å². The first-order chi connectivity index (χ1) is 7.96. The SMILES string of the molecule is CCCCN(C(=O)C(F)(F)F)c1ccccc1. The molecule has 0 radical (unpaired) electrons. The fourth-order valence-electron chi connectivity index (χ4n) is 1.43. The van der Waals surface area contributed by atoms with Crippen molar-refractivity contribution in [2.24, 2.45) is 0 Å². The van der Waals surface area contributed by atoms with Crippen molar-refractivity contribution >= 4 is 11.6 Å². The van der Waals surface area contributed by atoms with Gasteiger partial charge in [-0.1, -0.05) is 31.5 Å². The van der Waals surface area contributed by atoms with E-state index in [0.717, 1.165) is 11.3 Å². The highest BCUT2D eigenvalue weighted by molar-refractivity contribution is 5.97. The van der Waals surface area contributed by atoms with Gasteiger partial charge in [0.25, 0.3) is 0 Å². The van der Waals surface area contributed by atoms with Crippen LogP contribution in [-0.4, -0.2) is 18.6 Å². The van der Waals surface area contributed by atoms with Gasteiger partial charge in [-0.2, -0.15) is 13.2 Å². The maximum atomic E-state index is 12.4. The van der Waals surface area contributed by atoms with Crippen molar-refractivity contribution in [2.75, 3.05) is 11.4 Å². The van der Waals surface area contributed by atoms with Crippen LogP contribution in [-0.2, 0) is 4.79 Å². The standard InChI is InChI=1S/C12H14F3NO/c1-2-3-9-16(11(17)12(13,14)15)10-7-5-4-6-8-10/h4-8H,2-3,9H2,1H3. The van der Waals surface area contributed by atoms with Crippen molar-refractivity contribution in [3.63, 3.8) is 0 Å². The molecule has 0 fully saturated rings. The number of halogens is 3. The number of rotatable bonds is 4. The number of nitrogens with zero attached hydrogens (tertiary/aromatic N) is 1. The summed E-state index contributed by atoms with van der Waals surface area (Å²) in [5.41, 5.74) is 0.281. The van der Waals surface area contributed by atoms with Gasteiger partial charge in [0.2, 0.25) is 0 Å². The summed E-state index contributed by atoms with van der Waals surface area (Å²) < 4.78 is 37.3. The Morgan fingerprint density at radius 3 is 2.29 bits per heavy atom. The van der Waals surface area contributed by atoms with Gasteiger partial charge in [-0.15, -0.1) is 0 Å². The van der Waals surface area contributed by atoms with Crippen molar-refractivity contribution in [3.8, 4) is 0 Å². The largest absolute Gasteiger partial charge is 0.471 e. The van der Waals surface area contributed by atoms with Crippen molar-refractivity contribution < 1.29 is 18.0 Å². The summed E-state index contributed by atoms with van der Waals surface area (Å²) in [6.07, 6.45) is -3.56. The molecule has 0 aromatic heterocycles. The molecule has 1 rings (SSSR count). The maximum Gasteiger partial charge on any atom is 0.471 e. The Kier molecular flexibility index (Phi) is 4.54. The Balaban J connectivity index is 2.92. The van der Waals surface area contributed by atoms with Crippen LogP contribution >= 0.6 is 0 Å². The van der Waals surface area contributed by atoms with E-state index in [9.17, 15) is 18.0 Å². The monoisotopic (exact) mass is 245 g/mol. The van der Waals surface area contributed by atoms with Crippen molar-refractivity contribution in [2.45, 2.75) is 25.9 Å². The number of amides is 1. The minimum absolute atomic E-state index is 0.0822. The molecular formula is C12H14F3NO. The zero-order valence-electron chi connectivity index (χ0n) is 9.50. The minimum Gasteiger partial charge on any atom is -0.305 e. The second kappa shape index (κ2) is 5.70. The van der Waals surface area contributed by atoms with Crippen LogP contribution in [0.5, 0.6) is 0 Å². The second-order valence-corrected chi connectivity index (χ2v) is 3.64. The highest BCUT2D eigenvalue weighted by Gasteiger charge is 2.42. The summed E-state index contributed by atoms with van der Waals surface area (Å²) in [4.78, 5) is 12.1. The molecule has 1 aromatic rings. The molecule has 0 heterocycles. The van der Waals surface area contributed by atoms with Crippen LogP contribution in [0.4, 0.5) is 18.9 Å². The number of para-hydroxylation sites is 1. The highest BCUT2D eigenvalue weighted by atomic mass is 19.4. The van der Waals surface area contributed by atoms with E-state index in [4.69, 9.17) is 0 Å². The average Bonchev–Trinajstić information content (AvgIpc) is 2.29. The molecule has 0 aliphatic carbocycles. The molecule has 0 aliphatic rings. The normalized spacial score (nSPS) is 11.3. The molecule has 0 saturated heterocycles. The Labute approximate surface area is 98.0 Å². The van der Waals surface area contributed by atoms with E-state index in [1.54, 1.807) is 18.2 Å². The summed E-state index contributed by atoms with van der Waals surface area (Å²) in [5.74, 6) is -1.81. The second-order valence-electron chi connectivity index (χ2n) is 3.64. The van der Waals surface area contributed by atoms with Gasteiger partial charge in [0.1, 0.15) is 0 Å². The number of anilines is 1. The molecule has 94 valence electrons. The molecule has 0 atom stereocenters. The van der Waals surface area contributed by atoms with Crippen LogP contribution in [0.25, 0.3) is 0 Å². The first-order valence-electron chi connectivity index (χ1n) is 5.40. The molecule has 0 spiro atoms. The number of carbonyl (C=O) groups is 1.